The van der Waals surface area contributed by atoms with E-state index in [0.29, 0.717) is 29.5 Å². The van der Waals surface area contributed by atoms with Crippen molar-refractivity contribution in [1.82, 2.24) is 4.90 Å². The molecule has 1 heterocycles. The summed E-state index contributed by atoms with van der Waals surface area (Å²) in [7, 11) is 1.56. The third-order valence-corrected chi connectivity index (χ3v) is 4.47. The van der Waals surface area contributed by atoms with E-state index in [-0.39, 0.29) is 18.4 Å². The van der Waals surface area contributed by atoms with Crippen LogP contribution in [0.3, 0.4) is 0 Å². The zero-order chi connectivity index (χ0) is 20.1. The van der Waals surface area contributed by atoms with Gasteiger partial charge in [0.1, 0.15) is 11.9 Å². The van der Waals surface area contributed by atoms with E-state index in [4.69, 9.17) is 14.2 Å². The Balaban J connectivity index is 1.65. The van der Waals surface area contributed by atoms with E-state index in [1.165, 1.54) is 4.90 Å². The molecule has 2 unspecified atom stereocenters. The third-order valence-electron chi connectivity index (χ3n) is 4.47. The summed E-state index contributed by atoms with van der Waals surface area (Å²) in [6.07, 6.45) is -1.27. The largest absolute Gasteiger partial charge is 0.497 e. The van der Waals surface area contributed by atoms with Gasteiger partial charge in [0, 0.05) is 18.3 Å². The first-order valence-electron chi connectivity index (χ1n) is 9.17. The van der Waals surface area contributed by atoms with Gasteiger partial charge < -0.3 is 24.4 Å². The maximum Gasteiger partial charge on any atom is 0.268 e. The number of fused-ring (bicyclic) bond motifs is 1. The van der Waals surface area contributed by atoms with Crippen molar-refractivity contribution in [3.05, 3.63) is 48.5 Å². The lowest BCUT2D eigenvalue weighted by Gasteiger charge is -2.34. The molecule has 0 fully saturated rings. The van der Waals surface area contributed by atoms with Crippen LogP contribution in [0.1, 0.15) is 13.8 Å². The number of nitrogens with one attached hydrogen (secondary N) is 1. The molecule has 0 saturated heterocycles. The summed E-state index contributed by atoms with van der Waals surface area (Å²) in [6.45, 7) is 3.89. The molecule has 0 spiro atoms. The number of benzene rings is 2. The monoisotopic (exact) mass is 384 g/mol. The quantitative estimate of drug-likeness (QED) is 0.829. The van der Waals surface area contributed by atoms with Crippen LogP contribution in [0.5, 0.6) is 17.2 Å². The second kappa shape index (κ2) is 8.65. The second-order valence-corrected chi connectivity index (χ2v) is 6.44. The third kappa shape index (κ3) is 4.36. The van der Waals surface area contributed by atoms with Gasteiger partial charge in [0.05, 0.1) is 13.7 Å². The standard InChI is InChI=1S/C21H24N2O5/c1-4-23(13-19(24)22-15-8-7-9-16(12-15)26-3)21(25)20-14(2)27-17-10-5-6-11-18(17)28-20/h5-12,14,20H,4,13H2,1-3H3,(H,22,24). The fourth-order valence-electron chi connectivity index (χ4n) is 2.99. The highest BCUT2D eigenvalue weighted by Crippen LogP contribution is 2.33. The van der Waals surface area contributed by atoms with Crippen LogP contribution in [0.4, 0.5) is 5.69 Å². The maximum atomic E-state index is 13.0. The lowest BCUT2D eigenvalue weighted by Crippen LogP contribution is -2.52. The molecule has 7 nitrogen and oxygen atoms in total. The summed E-state index contributed by atoms with van der Waals surface area (Å²) in [5.74, 6) is 1.19. The van der Waals surface area contributed by atoms with Gasteiger partial charge in [0.15, 0.2) is 11.5 Å². The highest BCUT2D eigenvalue weighted by molar-refractivity contribution is 5.95. The van der Waals surface area contributed by atoms with Gasteiger partial charge in [0.2, 0.25) is 12.0 Å². The van der Waals surface area contributed by atoms with Crippen molar-refractivity contribution >= 4 is 17.5 Å². The lowest BCUT2D eigenvalue weighted by atomic mass is 10.1. The number of hydrogen-bond acceptors (Lipinski definition) is 5. The van der Waals surface area contributed by atoms with Crippen LogP contribution in [0.15, 0.2) is 48.5 Å². The number of likely N-dealkylation sites (N-methyl/N-ethyl adjacent to an activating group) is 1. The molecule has 2 atom stereocenters. The first-order valence-corrected chi connectivity index (χ1v) is 9.17. The van der Waals surface area contributed by atoms with Crippen LogP contribution >= 0.6 is 0 Å². The summed E-state index contributed by atoms with van der Waals surface area (Å²) in [5, 5.41) is 2.78. The Hall–Kier alpha value is -3.22. The molecule has 148 valence electrons. The van der Waals surface area contributed by atoms with Gasteiger partial charge in [0.25, 0.3) is 5.91 Å². The molecule has 3 rings (SSSR count). The van der Waals surface area contributed by atoms with Crippen LogP contribution in [-0.4, -0.2) is 49.1 Å². The Labute approximate surface area is 164 Å². The van der Waals surface area contributed by atoms with Gasteiger partial charge in [-0.2, -0.15) is 0 Å². The highest BCUT2D eigenvalue weighted by atomic mass is 16.6. The van der Waals surface area contributed by atoms with Crippen LogP contribution < -0.4 is 19.5 Å². The fourth-order valence-corrected chi connectivity index (χ4v) is 2.99. The number of methoxy groups -OCH3 is 1. The van der Waals surface area contributed by atoms with Gasteiger partial charge in [-0.15, -0.1) is 0 Å². The minimum absolute atomic E-state index is 0.0826. The summed E-state index contributed by atoms with van der Waals surface area (Å²) < 4.78 is 16.8. The van der Waals surface area contributed by atoms with E-state index in [0.717, 1.165) is 0 Å². The zero-order valence-corrected chi connectivity index (χ0v) is 16.2. The summed E-state index contributed by atoms with van der Waals surface area (Å²) in [5.41, 5.74) is 0.604. The first-order chi connectivity index (χ1) is 13.5. The Bertz CT molecular complexity index is 854. The van der Waals surface area contributed by atoms with Crippen molar-refractivity contribution < 1.29 is 23.8 Å². The summed E-state index contributed by atoms with van der Waals surface area (Å²) in [4.78, 5) is 26.8. The smallest absolute Gasteiger partial charge is 0.268 e. The number of carbonyl (C=O) groups excluding carboxylic acids is 2. The van der Waals surface area contributed by atoms with Crippen molar-refractivity contribution in [2.24, 2.45) is 0 Å². The van der Waals surface area contributed by atoms with E-state index in [9.17, 15) is 9.59 Å². The maximum absolute atomic E-state index is 13.0. The minimum Gasteiger partial charge on any atom is -0.497 e. The zero-order valence-electron chi connectivity index (χ0n) is 16.2. The number of carbonyl (C=O) groups is 2. The lowest BCUT2D eigenvalue weighted by molar-refractivity contribution is -0.146. The van der Waals surface area contributed by atoms with E-state index in [2.05, 4.69) is 5.32 Å². The van der Waals surface area contributed by atoms with E-state index in [1.807, 2.05) is 19.1 Å². The normalized spacial score (nSPS) is 17.5. The molecule has 0 saturated carbocycles. The van der Waals surface area contributed by atoms with Gasteiger partial charge in [-0.1, -0.05) is 18.2 Å². The van der Waals surface area contributed by atoms with Crippen molar-refractivity contribution in [2.45, 2.75) is 26.1 Å². The Morgan fingerprint density at radius 1 is 1.11 bits per heavy atom. The summed E-state index contributed by atoms with van der Waals surface area (Å²) >= 11 is 0. The van der Waals surface area contributed by atoms with Crippen LogP contribution in [0.2, 0.25) is 0 Å². The van der Waals surface area contributed by atoms with Gasteiger partial charge in [-0.25, -0.2) is 0 Å². The number of amides is 2. The van der Waals surface area contributed by atoms with Crippen LogP contribution in [0, 0.1) is 0 Å². The number of nitrogens with zero attached hydrogens (tertiary/aromatic N) is 1. The van der Waals surface area contributed by atoms with Crippen molar-refractivity contribution in [3.8, 4) is 17.2 Å². The number of rotatable bonds is 6. The number of hydrogen-bond donors (Lipinski definition) is 1. The van der Waals surface area contributed by atoms with Gasteiger partial charge >= 0.3 is 0 Å². The predicted octanol–water partition coefficient (Wildman–Crippen LogP) is 2.71. The topological polar surface area (TPSA) is 77.1 Å². The molecule has 0 aliphatic carbocycles. The number of ether oxygens (including phenoxy) is 3. The molecule has 0 radical (unpaired) electrons. The van der Waals surface area contributed by atoms with Crippen LogP contribution in [-0.2, 0) is 9.59 Å². The molecule has 1 aliphatic heterocycles. The molecule has 2 amide bonds. The molecule has 2 aromatic rings. The molecule has 1 aliphatic rings. The van der Waals surface area contributed by atoms with Gasteiger partial charge in [-0.3, -0.25) is 9.59 Å². The Kier molecular flexibility index (Phi) is 6.03. The molecule has 2 aromatic carbocycles. The van der Waals surface area contributed by atoms with E-state index < -0.39 is 12.2 Å². The summed E-state index contributed by atoms with van der Waals surface area (Å²) in [6, 6.07) is 14.3. The molecule has 28 heavy (non-hydrogen) atoms. The molecular weight excluding hydrogens is 360 g/mol. The Morgan fingerprint density at radius 3 is 2.50 bits per heavy atom. The van der Waals surface area contributed by atoms with E-state index >= 15 is 0 Å². The van der Waals surface area contributed by atoms with Crippen molar-refractivity contribution in [2.75, 3.05) is 25.5 Å². The van der Waals surface area contributed by atoms with Gasteiger partial charge in [-0.05, 0) is 38.1 Å². The van der Waals surface area contributed by atoms with Crippen molar-refractivity contribution in [1.29, 1.82) is 0 Å². The molecule has 1 N–H and O–H groups in total. The predicted molar refractivity (Wildman–Crippen MR) is 105 cm³/mol. The van der Waals surface area contributed by atoms with E-state index in [1.54, 1.807) is 50.4 Å². The van der Waals surface area contributed by atoms with Crippen LogP contribution in [0.25, 0.3) is 0 Å². The molecule has 7 heteroatoms. The number of para-hydroxylation sites is 2. The average molecular weight is 384 g/mol. The second-order valence-electron chi connectivity index (χ2n) is 6.44. The first kappa shape index (κ1) is 19.5. The molecular formula is C21H24N2O5. The highest BCUT2D eigenvalue weighted by Gasteiger charge is 2.36. The average Bonchev–Trinajstić information content (AvgIpc) is 2.71. The SMILES string of the molecule is CCN(CC(=O)Nc1cccc(OC)c1)C(=O)C1Oc2ccccc2OC1C. The molecule has 0 bridgehead atoms. The Morgan fingerprint density at radius 2 is 1.82 bits per heavy atom. The van der Waals surface area contributed by atoms with Crippen molar-refractivity contribution in [3.63, 3.8) is 0 Å². The number of anilines is 1. The fraction of sp³-hybridized carbons (Fsp3) is 0.333. The minimum atomic E-state index is -0.806. The molecule has 0 aromatic heterocycles.